The molecule has 1 aliphatic heterocycles. The van der Waals surface area contributed by atoms with Gasteiger partial charge >= 0.3 is 6.09 Å². The van der Waals surface area contributed by atoms with Gasteiger partial charge in [-0.25, -0.2) is 4.79 Å². The summed E-state index contributed by atoms with van der Waals surface area (Å²) in [5.41, 5.74) is 1.12. The van der Waals surface area contributed by atoms with Gasteiger partial charge in [0.05, 0.1) is 12.6 Å². The average Bonchev–Trinajstić information content (AvgIpc) is 2.40. The van der Waals surface area contributed by atoms with Gasteiger partial charge in [0.15, 0.2) is 0 Å². The normalized spacial score (nSPS) is 19.1. The van der Waals surface area contributed by atoms with Crippen molar-refractivity contribution in [3.05, 3.63) is 48.0 Å². The lowest BCUT2D eigenvalue weighted by molar-refractivity contribution is 0.0962. The molecule has 0 radical (unpaired) electrons. The second-order valence-electron chi connectivity index (χ2n) is 3.96. The molecule has 0 N–H and O–H groups in total. The van der Waals surface area contributed by atoms with Gasteiger partial charge in [-0.15, -0.1) is 0 Å². The number of benzene rings is 1. The van der Waals surface area contributed by atoms with Crippen molar-refractivity contribution in [1.82, 2.24) is 4.90 Å². The van der Waals surface area contributed by atoms with Gasteiger partial charge in [-0.2, -0.15) is 0 Å². The standard InChI is InChI=1S/C14H17NO2/c1-2-17-14(16)15-11-7-6-10-13(15)12-8-4-3-5-9-12/h3-6,8-10,13H,2,7,11H2,1H3. The summed E-state index contributed by atoms with van der Waals surface area (Å²) in [5.74, 6) is 0. The number of carbonyl (C=O) groups excluding carboxylic acids is 1. The molecule has 0 bridgehead atoms. The minimum Gasteiger partial charge on any atom is -0.450 e. The number of hydrogen-bond acceptors (Lipinski definition) is 2. The molecule has 1 unspecified atom stereocenters. The van der Waals surface area contributed by atoms with E-state index in [9.17, 15) is 4.79 Å². The molecule has 1 aromatic rings. The van der Waals surface area contributed by atoms with E-state index < -0.39 is 0 Å². The summed E-state index contributed by atoms with van der Waals surface area (Å²) in [7, 11) is 0. The molecule has 3 heteroatoms. The number of hydrogen-bond donors (Lipinski definition) is 0. The summed E-state index contributed by atoms with van der Waals surface area (Å²) in [5, 5.41) is 0. The van der Waals surface area contributed by atoms with Gasteiger partial charge in [0.1, 0.15) is 0 Å². The SMILES string of the molecule is CCOC(=O)N1CCC=CC1c1ccccc1. The maximum Gasteiger partial charge on any atom is 0.410 e. The van der Waals surface area contributed by atoms with E-state index in [2.05, 4.69) is 12.2 Å². The first-order chi connectivity index (χ1) is 8.33. The summed E-state index contributed by atoms with van der Waals surface area (Å²) in [6.07, 6.45) is 4.84. The van der Waals surface area contributed by atoms with Crippen molar-refractivity contribution in [2.24, 2.45) is 0 Å². The molecule has 0 spiro atoms. The van der Waals surface area contributed by atoms with E-state index in [1.807, 2.05) is 37.3 Å². The van der Waals surface area contributed by atoms with Crippen molar-refractivity contribution in [2.75, 3.05) is 13.2 Å². The number of rotatable bonds is 2. The van der Waals surface area contributed by atoms with Crippen LogP contribution in [-0.2, 0) is 4.74 Å². The molecule has 0 saturated heterocycles. The fourth-order valence-electron chi connectivity index (χ4n) is 2.03. The zero-order valence-electron chi connectivity index (χ0n) is 10.0. The van der Waals surface area contributed by atoms with E-state index in [0.29, 0.717) is 6.61 Å². The zero-order valence-corrected chi connectivity index (χ0v) is 10.0. The molecule has 90 valence electrons. The van der Waals surface area contributed by atoms with Crippen LogP contribution >= 0.6 is 0 Å². The maximum atomic E-state index is 11.9. The quantitative estimate of drug-likeness (QED) is 0.732. The summed E-state index contributed by atoms with van der Waals surface area (Å²) < 4.78 is 5.09. The van der Waals surface area contributed by atoms with Crippen LogP contribution in [0.1, 0.15) is 24.9 Å². The first kappa shape index (κ1) is 11.7. The van der Waals surface area contributed by atoms with Gasteiger partial charge in [0, 0.05) is 6.54 Å². The summed E-state index contributed by atoms with van der Waals surface area (Å²) in [6.45, 7) is 2.96. The lowest BCUT2D eigenvalue weighted by Gasteiger charge is -2.31. The van der Waals surface area contributed by atoms with E-state index >= 15 is 0 Å². The van der Waals surface area contributed by atoms with E-state index in [-0.39, 0.29) is 12.1 Å². The first-order valence-electron chi connectivity index (χ1n) is 5.98. The van der Waals surface area contributed by atoms with Crippen LogP contribution in [0.3, 0.4) is 0 Å². The topological polar surface area (TPSA) is 29.5 Å². The van der Waals surface area contributed by atoms with Gasteiger partial charge < -0.3 is 4.74 Å². The Morgan fingerprint density at radius 3 is 2.88 bits per heavy atom. The number of nitrogens with zero attached hydrogens (tertiary/aromatic N) is 1. The molecule has 0 aromatic heterocycles. The third kappa shape index (κ3) is 2.67. The largest absolute Gasteiger partial charge is 0.450 e. The van der Waals surface area contributed by atoms with Gasteiger partial charge in [-0.05, 0) is 18.9 Å². The Hall–Kier alpha value is -1.77. The molecular weight excluding hydrogens is 214 g/mol. The van der Waals surface area contributed by atoms with Crippen molar-refractivity contribution in [1.29, 1.82) is 0 Å². The molecule has 0 saturated carbocycles. The summed E-state index contributed by atoms with van der Waals surface area (Å²) in [4.78, 5) is 13.6. The van der Waals surface area contributed by atoms with Gasteiger partial charge in [0.25, 0.3) is 0 Å². The second kappa shape index (κ2) is 5.53. The van der Waals surface area contributed by atoms with E-state index in [1.165, 1.54) is 0 Å². The lowest BCUT2D eigenvalue weighted by Crippen LogP contribution is -2.37. The zero-order chi connectivity index (χ0) is 12.1. The Morgan fingerprint density at radius 1 is 1.41 bits per heavy atom. The Labute approximate surface area is 102 Å². The predicted molar refractivity (Wildman–Crippen MR) is 66.7 cm³/mol. The third-order valence-corrected chi connectivity index (χ3v) is 2.83. The fraction of sp³-hybridized carbons (Fsp3) is 0.357. The molecule has 17 heavy (non-hydrogen) atoms. The van der Waals surface area contributed by atoms with Gasteiger partial charge in [-0.1, -0.05) is 42.5 Å². The molecule has 1 amide bonds. The average molecular weight is 231 g/mol. The minimum atomic E-state index is -0.231. The number of amides is 1. The van der Waals surface area contributed by atoms with Crippen LogP contribution in [0.15, 0.2) is 42.5 Å². The first-order valence-corrected chi connectivity index (χ1v) is 5.98. The van der Waals surface area contributed by atoms with E-state index in [4.69, 9.17) is 4.74 Å². The Bertz CT molecular complexity index is 400. The van der Waals surface area contributed by atoms with E-state index in [0.717, 1.165) is 18.5 Å². The van der Waals surface area contributed by atoms with Gasteiger partial charge in [0.2, 0.25) is 0 Å². The van der Waals surface area contributed by atoms with Crippen LogP contribution in [-0.4, -0.2) is 24.1 Å². The van der Waals surface area contributed by atoms with Crippen molar-refractivity contribution < 1.29 is 9.53 Å². The van der Waals surface area contributed by atoms with E-state index in [1.54, 1.807) is 4.90 Å². The van der Waals surface area contributed by atoms with Crippen LogP contribution in [0.25, 0.3) is 0 Å². The van der Waals surface area contributed by atoms with Crippen LogP contribution in [0, 0.1) is 0 Å². The molecule has 2 rings (SSSR count). The molecule has 0 aliphatic carbocycles. The molecule has 1 aromatic carbocycles. The van der Waals surface area contributed by atoms with Crippen LogP contribution in [0.5, 0.6) is 0 Å². The van der Waals surface area contributed by atoms with Crippen molar-refractivity contribution in [3.63, 3.8) is 0 Å². The molecular formula is C14H17NO2. The monoisotopic (exact) mass is 231 g/mol. The molecule has 1 atom stereocenters. The highest BCUT2D eigenvalue weighted by Crippen LogP contribution is 2.26. The van der Waals surface area contributed by atoms with Crippen LogP contribution < -0.4 is 0 Å². The second-order valence-corrected chi connectivity index (χ2v) is 3.96. The predicted octanol–water partition coefficient (Wildman–Crippen LogP) is 3.15. The molecule has 1 aliphatic rings. The highest BCUT2D eigenvalue weighted by molar-refractivity contribution is 5.69. The Morgan fingerprint density at radius 2 is 2.18 bits per heavy atom. The lowest BCUT2D eigenvalue weighted by atomic mass is 10.0. The number of carbonyl (C=O) groups is 1. The molecule has 0 fully saturated rings. The molecule has 1 heterocycles. The Kier molecular flexibility index (Phi) is 3.81. The highest BCUT2D eigenvalue weighted by Gasteiger charge is 2.25. The van der Waals surface area contributed by atoms with Crippen LogP contribution in [0.4, 0.5) is 4.79 Å². The van der Waals surface area contributed by atoms with Gasteiger partial charge in [-0.3, -0.25) is 4.90 Å². The number of ether oxygens (including phenoxy) is 1. The summed E-state index contributed by atoms with van der Waals surface area (Å²) >= 11 is 0. The fourth-order valence-corrected chi connectivity index (χ4v) is 2.03. The minimum absolute atomic E-state index is 0.00370. The highest BCUT2D eigenvalue weighted by atomic mass is 16.6. The molecule has 3 nitrogen and oxygen atoms in total. The maximum absolute atomic E-state index is 11.9. The van der Waals surface area contributed by atoms with Crippen LogP contribution in [0.2, 0.25) is 0 Å². The van der Waals surface area contributed by atoms with Crippen molar-refractivity contribution in [2.45, 2.75) is 19.4 Å². The van der Waals surface area contributed by atoms with Crippen molar-refractivity contribution >= 4 is 6.09 Å². The third-order valence-electron chi connectivity index (χ3n) is 2.83. The van der Waals surface area contributed by atoms with Crippen molar-refractivity contribution in [3.8, 4) is 0 Å². The Balaban J connectivity index is 2.20. The summed E-state index contributed by atoms with van der Waals surface area (Å²) in [6, 6.07) is 10.0. The smallest absolute Gasteiger partial charge is 0.410 e.